The van der Waals surface area contributed by atoms with Gasteiger partial charge in [0, 0.05) is 22.7 Å². The Kier molecular flexibility index (Phi) is 6.84. The fourth-order valence-corrected chi connectivity index (χ4v) is 4.23. The van der Waals surface area contributed by atoms with Gasteiger partial charge in [-0.15, -0.1) is 11.8 Å². The van der Waals surface area contributed by atoms with Crippen molar-refractivity contribution in [2.24, 2.45) is 11.7 Å². The Hall–Kier alpha value is -0.740. The van der Waals surface area contributed by atoms with E-state index in [4.69, 9.17) is 18.0 Å². The number of thioether (sulfide) groups is 1. The van der Waals surface area contributed by atoms with Crippen LogP contribution in [0.15, 0.2) is 23.1 Å². The fourth-order valence-electron chi connectivity index (χ4n) is 3.10. The molecule has 1 fully saturated rings. The molecule has 2 rings (SSSR count). The highest BCUT2D eigenvalue weighted by atomic mass is 32.2. The fraction of sp³-hybridized carbons (Fsp3) is 0.588. The van der Waals surface area contributed by atoms with E-state index in [9.17, 15) is 0 Å². The van der Waals surface area contributed by atoms with Gasteiger partial charge in [-0.1, -0.05) is 57.3 Å². The first-order valence-corrected chi connectivity index (χ1v) is 9.41. The monoisotopic (exact) mass is 322 g/mol. The van der Waals surface area contributed by atoms with Gasteiger partial charge in [0.1, 0.15) is 4.99 Å². The normalized spacial score (nSPS) is 15.9. The van der Waals surface area contributed by atoms with E-state index in [1.54, 1.807) is 11.8 Å². The van der Waals surface area contributed by atoms with Crippen molar-refractivity contribution in [2.75, 3.05) is 17.6 Å². The lowest BCUT2D eigenvalue weighted by Crippen LogP contribution is -2.17. The minimum Gasteiger partial charge on any atom is -0.389 e. The molecule has 0 spiro atoms. The topological polar surface area (TPSA) is 38.0 Å². The standard InChI is InChI=1S/C17H26N2S2/c1-2-21-15-10-6-9-14(16(15)17(18)20)19-12-11-13-7-4-3-5-8-13/h6,9-10,13,19H,2-5,7-8,11-12H2,1H3,(H2,18,20). The number of nitrogens with two attached hydrogens (primary N) is 1. The van der Waals surface area contributed by atoms with Crippen LogP contribution in [0.4, 0.5) is 5.69 Å². The van der Waals surface area contributed by atoms with Crippen molar-refractivity contribution in [3.63, 3.8) is 0 Å². The summed E-state index contributed by atoms with van der Waals surface area (Å²) in [7, 11) is 0. The lowest BCUT2D eigenvalue weighted by molar-refractivity contribution is 0.345. The SMILES string of the molecule is CCSc1cccc(NCCC2CCCCC2)c1C(N)=S. The molecule has 0 unspecified atom stereocenters. The first kappa shape index (κ1) is 16.6. The molecule has 1 aliphatic carbocycles. The molecule has 0 bridgehead atoms. The van der Waals surface area contributed by atoms with E-state index in [0.717, 1.165) is 29.5 Å². The van der Waals surface area contributed by atoms with Crippen LogP contribution in [0.25, 0.3) is 0 Å². The number of hydrogen-bond acceptors (Lipinski definition) is 3. The highest BCUT2D eigenvalue weighted by Gasteiger charge is 2.14. The molecule has 4 heteroatoms. The Labute approximate surface area is 138 Å². The zero-order valence-corrected chi connectivity index (χ0v) is 14.5. The molecule has 0 aliphatic heterocycles. The van der Waals surface area contributed by atoms with Crippen LogP contribution in [-0.2, 0) is 0 Å². The van der Waals surface area contributed by atoms with Crippen molar-refractivity contribution in [2.45, 2.75) is 50.3 Å². The molecule has 0 radical (unpaired) electrons. The second kappa shape index (κ2) is 8.64. The van der Waals surface area contributed by atoms with Crippen molar-refractivity contribution in [1.29, 1.82) is 0 Å². The van der Waals surface area contributed by atoms with Gasteiger partial charge in [0.15, 0.2) is 0 Å². The number of hydrogen-bond donors (Lipinski definition) is 2. The minimum atomic E-state index is 0.492. The van der Waals surface area contributed by atoms with Gasteiger partial charge in [-0.3, -0.25) is 0 Å². The molecule has 0 amide bonds. The van der Waals surface area contributed by atoms with Crippen LogP contribution < -0.4 is 11.1 Å². The summed E-state index contributed by atoms with van der Waals surface area (Å²) in [5.41, 5.74) is 8.05. The molecule has 0 heterocycles. The van der Waals surface area contributed by atoms with Gasteiger partial charge < -0.3 is 11.1 Å². The van der Waals surface area contributed by atoms with Gasteiger partial charge in [-0.05, 0) is 30.2 Å². The average molecular weight is 323 g/mol. The largest absolute Gasteiger partial charge is 0.389 e. The van der Waals surface area contributed by atoms with Crippen LogP contribution in [0.1, 0.15) is 51.0 Å². The van der Waals surface area contributed by atoms with Crippen LogP contribution in [-0.4, -0.2) is 17.3 Å². The number of nitrogens with one attached hydrogen (secondary N) is 1. The molecule has 116 valence electrons. The van der Waals surface area contributed by atoms with Crippen LogP contribution in [0, 0.1) is 5.92 Å². The number of rotatable bonds is 7. The summed E-state index contributed by atoms with van der Waals surface area (Å²) in [6.07, 6.45) is 8.29. The van der Waals surface area contributed by atoms with E-state index in [0.29, 0.717) is 4.99 Å². The third-order valence-electron chi connectivity index (χ3n) is 4.17. The molecule has 0 saturated heterocycles. The molecule has 21 heavy (non-hydrogen) atoms. The molecular weight excluding hydrogens is 296 g/mol. The summed E-state index contributed by atoms with van der Waals surface area (Å²) < 4.78 is 0. The van der Waals surface area contributed by atoms with Crippen molar-refractivity contribution >= 4 is 34.7 Å². The number of anilines is 1. The summed E-state index contributed by atoms with van der Waals surface area (Å²) in [6.45, 7) is 3.16. The number of benzene rings is 1. The second-order valence-electron chi connectivity index (χ2n) is 5.70. The Balaban J connectivity index is 1.98. The van der Waals surface area contributed by atoms with Crippen LogP contribution >= 0.6 is 24.0 Å². The average Bonchev–Trinajstić information content (AvgIpc) is 2.48. The van der Waals surface area contributed by atoms with E-state index in [-0.39, 0.29) is 0 Å². The van der Waals surface area contributed by atoms with Gasteiger partial charge in [-0.25, -0.2) is 0 Å². The van der Waals surface area contributed by atoms with Crippen molar-refractivity contribution in [3.8, 4) is 0 Å². The van der Waals surface area contributed by atoms with Gasteiger partial charge in [0.05, 0.1) is 0 Å². The number of thiocarbonyl (C=S) groups is 1. The van der Waals surface area contributed by atoms with Crippen molar-refractivity contribution < 1.29 is 0 Å². The van der Waals surface area contributed by atoms with Crippen LogP contribution in [0.3, 0.4) is 0 Å². The molecular formula is C17H26N2S2. The zero-order valence-electron chi connectivity index (χ0n) is 12.9. The highest BCUT2D eigenvalue weighted by molar-refractivity contribution is 7.99. The van der Waals surface area contributed by atoms with E-state index < -0.39 is 0 Å². The molecule has 1 aromatic carbocycles. The van der Waals surface area contributed by atoms with Crippen molar-refractivity contribution in [1.82, 2.24) is 0 Å². The summed E-state index contributed by atoms with van der Waals surface area (Å²) >= 11 is 7.05. The Bertz CT molecular complexity index is 468. The van der Waals surface area contributed by atoms with Crippen LogP contribution in [0.2, 0.25) is 0 Å². The Morgan fingerprint density at radius 3 is 2.76 bits per heavy atom. The van der Waals surface area contributed by atoms with Crippen molar-refractivity contribution in [3.05, 3.63) is 23.8 Å². The third kappa shape index (κ3) is 4.89. The van der Waals surface area contributed by atoms with E-state index in [1.807, 2.05) is 0 Å². The Morgan fingerprint density at radius 1 is 1.33 bits per heavy atom. The molecule has 1 saturated carbocycles. The van der Waals surface area contributed by atoms with Gasteiger partial charge in [0.25, 0.3) is 0 Å². The first-order chi connectivity index (χ1) is 10.2. The lowest BCUT2D eigenvalue weighted by Gasteiger charge is -2.22. The lowest BCUT2D eigenvalue weighted by atomic mass is 9.87. The first-order valence-electron chi connectivity index (χ1n) is 8.02. The molecule has 3 N–H and O–H groups in total. The maximum atomic E-state index is 5.94. The summed E-state index contributed by atoms with van der Waals surface area (Å²) in [5.74, 6) is 1.92. The van der Waals surface area contributed by atoms with Crippen LogP contribution in [0.5, 0.6) is 0 Å². The van der Waals surface area contributed by atoms with E-state index >= 15 is 0 Å². The molecule has 2 nitrogen and oxygen atoms in total. The predicted octanol–water partition coefficient (Wildman–Crippen LogP) is 4.82. The maximum absolute atomic E-state index is 5.94. The third-order valence-corrected chi connectivity index (χ3v) is 5.31. The van der Waals surface area contributed by atoms with Gasteiger partial charge >= 0.3 is 0 Å². The minimum absolute atomic E-state index is 0.492. The van der Waals surface area contributed by atoms with Gasteiger partial charge in [-0.2, -0.15) is 0 Å². The zero-order chi connectivity index (χ0) is 15.1. The quantitative estimate of drug-likeness (QED) is 0.558. The van der Waals surface area contributed by atoms with E-state index in [1.165, 1.54) is 43.4 Å². The molecule has 1 aliphatic rings. The maximum Gasteiger partial charge on any atom is 0.107 e. The Morgan fingerprint density at radius 2 is 2.10 bits per heavy atom. The second-order valence-corrected chi connectivity index (χ2v) is 7.44. The smallest absolute Gasteiger partial charge is 0.107 e. The molecule has 0 aromatic heterocycles. The predicted molar refractivity (Wildman–Crippen MR) is 98.4 cm³/mol. The summed E-state index contributed by atoms with van der Waals surface area (Å²) in [5, 5.41) is 3.56. The molecule has 0 atom stereocenters. The van der Waals surface area contributed by atoms with Gasteiger partial charge in [0.2, 0.25) is 0 Å². The highest BCUT2D eigenvalue weighted by Crippen LogP contribution is 2.30. The summed E-state index contributed by atoms with van der Waals surface area (Å²) in [6, 6.07) is 6.28. The summed E-state index contributed by atoms with van der Waals surface area (Å²) in [4.78, 5) is 1.68. The van der Waals surface area contributed by atoms with E-state index in [2.05, 4.69) is 30.4 Å². The molecule has 1 aromatic rings.